The van der Waals surface area contributed by atoms with E-state index in [1.54, 1.807) is 11.8 Å². The van der Waals surface area contributed by atoms with Crippen molar-refractivity contribution in [1.82, 2.24) is 10.2 Å². The minimum absolute atomic E-state index is 0.0387. The van der Waals surface area contributed by atoms with Crippen LogP contribution in [0.25, 0.3) is 0 Å². The molecular weight excluding hydrogens is 321 g/mol. The molecule has 1 aliphatic rings. The lowest BCUT2D eigenvalue weighted by molar-refractivity contribution is -0.136. The van der Waals surface area contributed by atoms with Crippen molar-refractivity contribution in [1.29, 1.82) is 0 Å². The van der Waals surface area contributed by atoms with Crippen molar-refractivity contribution < 1.29 is 14.0 Å². The summed E-state index contributed by atoms with van der Waals surface area (Å²) in [5.41, 5.74) is 0.471. The standard InChI is InChI=1S/C16H21ClFN3O2/c1-11(16(23)21-7-3-2-4-8-21)20-15(22)10-19-14-6-5-12(18)9-13(14)17/h5-6,9,11,19H,2-4,7-8,10H2,1H3,(H,20,22). The van der Waals surface area contributed by atoms with Gasteiger partial charge in [0.05, 0.1) is 17.3 Å². The zero-order valence-electron chi connectivity index (χ0n) is 13.1. The van der Waals surface area contributed by atoms with Crippen molar-refractivity contribution >= 4 is 29.1 Å². The lowest BCUT2D eigenvalue weighted by Crippen LogP contribution is -2.49. The van der Waals surface area contributed by atoms with E-state index in [4.69, 9.17) is 11.6 Å². The fourth-order valence-corrected chi connectivity index (χ4v) is 2.78. The van der Waals surface area contributed by atoms with Gasteiger partial charge in [-0.3, -0.25) is 9.59 Å². The molecule has 0 aromatic heterocycles. The van der Waals surface area contributed by atoms with E-state index in [2.05, 4.69) is 10.6 Å². The van der Waals surface area contributed by atoms with Crippen LogP contribution in [0.1, 0.15) is 26.2 Å². The normalized spacial score (nSPS) is 15.9. The molecule has 1 fully saturated rings. The Labute approximate surface area is 140 Å². The minimum atomic E-state index is -0.564. The molecule has 1 aromatic rings. The van der Waals surface area contributed by atoms with Crippen LogP contribution in [-0.4, -0.2) is 42.4 Å². The maximum Gasteiger partial charge on any atom is 0.244 e. The lowest BCUT2D eigenvalue weighted by atomic mass is 10.1. The molecule has 1 aromatic carbocycles. The van der Waals surface area contributed by atoms with Crippen LogP contribution in [0.3, 0.4) is 0 Å². The maximum absolute atomic E-state index is 13.0. The monoisotopic (exact) mass is 341 g/mol. The summed E-state index contributed by atoms with van der Waals surface area (Å²) in [6.07, 6.45) is 3.17. The molecular formula is C16H21ClFN3O2. The largest absolute Gasteiger partial charge is 0.375 e. The van der Waals surface area contributed by atoms with Crippen molar-refractivity contribution in [3.8, 4) is 0 Å². The van der Waals surface area contributed by atoms with Gasteiger partial charge in [0.25, 0.3) is 0 Å². The maximum atomic E-state index is 13.0. The number of halogens is 2. The number of piperidine rings is 1. The van der Waals surface area contributed by atoms with Gasteiger partial charge in [-0.25, -0.2) is 4.39 Å². The molecule has 1 unspecified atom stereocenters. The molecule has 0 saturated carbocycles. The molecule has 23 heavy (non-hydrogen) atoms. The van der Waals surface area contributed by atoms with E-state index in [0.29, 0.717) is 5.69 Å². The fraction of sp³-hybridized carbons (Fsp3) is 0.500. The molecule has 2 N–H and O–H groups in total. The molecule has 5 nitrogen and oxygen atoms in total. The number of carbonyl (C=O) groups excluding carboxylic acids is 2. The van der Waals surface area contributed by atoms with E-state index in [1.165, 1.54) is 18.2 Å². The Morgan fingerprint density at radius 1 is 1.30 bits per heavy atom. The third kappa shape index (κ3) is 5.10. The second kappa shape index (κ2) is 8.15. The molecule has 7 heteroatoms. The number of hydrogen-bond donors (Lipinski definition) is 2. The zero-order valence-corrected chi connectivity index (χ0v) is 13.8. The van der Waals surface area contributed by atoms with E-state index in [-0.39, 0.29) is 23.4 Å². The van der Waals surface area contributed by atoms with E-state index in [1.807, 2.05) is 0 Å². The van der Waals surface area contributed by atoms with Gasteiger partial charge >= 0.3 is 0 Å². The Kier molecular flexibility index (Phi) is 6.21. The highest BCUT2D eigenvalue weighted by Gasteiger charge is 2.23. The van der Waals surface area contributed by atoms with E-state index in [9.17, 15) is 14.0 Å². The summed E-state index contributed by atoms with van der Waals surface area (Å²) in [7, 11) is 0. The Bertz CT molecular complexity index is 576. The average molecular weight is 342 g/mol. The molecule has 1 saturated heterocycles. The summed E-state index contributed by atoms with van der Waals surface area (Å²) in [6.45, 7) is 3.15. The summed E-state index contributed by atoms with van der Waals surface area (Å²) in [5, 5.41) is 5.70. The van der Waals surface area contributed by atoms with Crippen LogP contribution in [0.15, 0.2) is 18.2 Å². The van der Waals surface area contributed by atoms with Gasteiger partial charge in [-0.15, -0.1) is 0 Å². The number of hydrogen-bond acceptors (Lipinski definition) is 3. The van der Waals surface area contributed by atoms with Crippen LogP contribution < -0.4 is 10.6 Å². The lowest BCUT2D eigenvalue weighted by Gasteiger charge is -2.29. The predicted octanol–water partition coefficient (Wildman–Crippen LogP) is 2.41. The summed E-state index contributed by atoms with van der Waals surface area (Å²) < 4.78 is 13.0. The Morgan fingerprint density at radius 2 is 2.00 bits per heavy atom. The van der Waals surface area contributed by atoms with Gasteiger partial charge in [0, 0.05) is 13.1 Å². The van der Waals surface area contributed by atoms with Gasteiger partial charge in [0.15, 0.2) is 0 Å². The first kappa shape index (κ1) is 17.5. The molecule has 2 rings (SSSR count). The van der Waals surface area contributed by atoms with Gasteiger partial charge in [-0.1, -0.05) is 11.6 Å². The zero-order chi connectivity index (χ0) is 16.8. The molecule has 1 atom stereocenters. The molecule has 0 radical (unpaired) electrons. The number of nitrogens with one attached hydrogen (secondary N) is 2. The first-order valence-electron chi connectivity index (χ1n) is 7.74. The molecule has 0 spiro atoms. The van der Waals surface area contributed by atoms with Gasteiger partial charge in [-0.2, -0.15) is 0 Å². The Morgan fingerprint density at radius 3 is 2.65 bits per heavy atom. The number of rotatable bonds is 5. The SMILES string of the molecule is CC(NC(=O)CNc1ccc(F)cc1Cl)C(=O)N1CCCCC1. The number of nitrogens with zero attached hydrogens (tertiary/aromatic N) is 1. The first-order chi connectivity index (χ1) is 11.0. The average Bonchev–Trinajstić information content (AvgIpc) is 2.54. The van der Waals surface area contributed by atoms with Gasteiger partial charge < -0.3 is 15.5 Å². The summed E-state index contributed by atoms with van der Waals surface area (Å²) in [6, 6.07) is 3.33. The molecule has 1 aliphatic heterocycles. The van der Waals surface area contributed by atoms with Gasteiger partial charge in [0.2, 0.25) is 11.8 Å². The topological polar surface area (TPSA) is 61.4 Å². The highest BCUT2D eigenvalue weighted by molar-refractivity contribution is 6.33. The van der Waals surface area contributed by atoms with Crippen LogP contribution in [0, 0.1) is 5.82 Å². The van der Waals surface area contributed by atoms with Crippen molar-refractivity contribution in [2.45, 2.75) is 32.2 Å². The Balaban J connectivity index is 1.80. The summed E-state index contributed by atoms with van der Waals surface area (Å²) in [5.74, 6) is -0.813. The minimum Gasteiger partial charge on any atom is -0.375 e. The number of likely N-dealkylation sites (tertiary alicyclic amines) is 1. The van der Waals surface area contributed by atoms with Crippen LogP contribution in [0.5, 0.6) is 0 Å². The highest BCUT2D eigenvalue weighted by Crippen LogP contribution is 2.21. The van der Waals surface area contributed by atoms with Crippen LogP contribution >= 0.6 is 11.6 Å². The second-order valence-corrected chi connectivity index (χ2v) is 6.06. The van der Waals surface area contributed by atoms with Crippen LogP contribution in [-0.2, 0) is 9.59 Å². The van der Waals surface area contributed by atoms with Crippen LogP contribution in [0.2, 0.25) is 5.02 Å². The van der Waals surface area contributed by atoms with E-state index < -0.39 is 11.9 Å². The third-order valence-electron chi connectivity index (χ3n) is 3.79. The molecule has 0 bridgehead atoms. The number of anilines is 1. The molecule has 126 valence electrons. The van der Waals surface area contributed by atoms with Crippen molar-refractivity contribution in [2.24, 2.45) is 0 Å². The highest BCUT2D eigenvalue weighted by atomic mass is 35.5. The Hall–Kier alpha value is -1.82. The van der Waals surface area contributed by atoms with E-state index in [0.717, 1.165) is 32.4 Å². The predicted molar refractivity (Wildman–Crippen MR) is 87.9 cm³/mol. The quantitative estimate of drug-likeness (QED) is 0.864. The smallest absolute Gasteiger partial charge is 0.244 e. The molecule has 2 amide bonds. The first-order valence-corrected chi connectivity index (χ1v) is 8.12. The van der Waals surface area contributed by atoms with Crippen molar-refractivity contribution in [3.63, 3.8) is 0 Å². The number of carbonyl (C=O) groups is 2. The number of benzene rings is 1. The molecule has 0 aliphatic carbocycles. The van der Waals surface area contributed by atoms with Gasteiger partial charge in [0.1, 0.15) is 11.9 Å². The third-order valence-corrected chi connectivity index (χ3v) is 4.10. The summed E-state index contributed by atoms with van der Waals surface area (Å²) >= 11 is 5.88. The molecule has 1 heterocycles. The van der Waals surface area contributed by atoms with Crippen molar-refractivity contribution in [2.75, 3.05) is 25.0 Å². The van der Waals surface area contributed by atoms with E-state index >= 15 is 0 Å². The van der Waals surface area contributed by atoms with Gasteiger partial charge in [-0.05, 0) is 44.4 Å². The number of amides is 2. The fourth-order valence-electron chi connectivity index (χ4n) is 2.55. The van der Waals surface area contributed by atoms with Crippen molar-refractivity contribution in [3.05, 3.63) is 29.0 Å². The summed E-state index contributed by atoms with van der Waals surface area (Å²) in [4.78, 5) is 25.9. The second-order valence-electron chi connectivity index (χ2n) is 5.65. The van der Waals surface area contributed by atoms with Crippen LogP contribution in [0.4, 0.5) is 10.1 Å².